The van der Waals surface area contributed by atoms with E-state index < -0.39 is 15.7 Å². The zero-order valence-electron chi connectivity index (χ0n) is 15.9. The molecule has 28 heavy (non-hydrogen) atoms. The van der Waals surface area contributed by atoms with Crippen molar-refractivity contribution in [2.45, 2.75) is 19.0 Å². The number of hydrogen-bond acceptors (Lipinski definition) is 5. The minimum Gasteiger partial charge on any atom is -0.394 e. The van der Waals surface area contributed by atoms with Crippen LogP contribution in [0.2, 0.25) is 0 Å². The quantitative estimate of drug-likeness (QED) is 0.468. The molecule has 5 nitrogen and oxygen atoms in total. The minimum atomic E-state index is -3.57. The van der Waals surface area contributed by atoms with Gasteiger partial charge in [-0.25, -0.2) is 0 Å². The van der Waals surface area contributed by atoms with Gasteiger partial charge in [-0.15, -0.1) is 0 Å². The molecule has 0 fully saturated rings. The van der Waals surface area contributed by atoms with Gasteiger partial charge in [0.15, 0.2) is 0 Å². The van der Waals surface area contributed by atoms with Gasteiger partial charge in [-0.3, -0.25) is 4.18 Å². The summed E-state index contributed by atoms with van der Waals surface area (Å²) in [6, 6.07) is 18.9. The first-order valence-electron chi connectivity index (χ1n) is 9.16. The molecule has 0 amide bonds. The highest BCUT2D eigenvalue weighted by atomic mass is 32.2. The molecule has 0 saturated carbocycles. The largest absolute Gasteiger partial charge is 0.394 e. The molecule has 0 spiro atoms. The van der Waals surface area contributed by atoms with Gasteiger partial charge in [-0.2, -0.15) is 8.42 Å². The maximum Gasteiger partial charge on any atom is 0.264 e. The number of fused-ring (bicyclic) bond motifs is 3. The summed E-state index contributed by atoms with van der Waals surface area (Å²) in [5.74, 6) is 0. The number of nitrogens with one attached hydrogen (secondary N) is 1. The lowest BCUT2D eigenvalue weighted by Crippen LogP contribution is -2.49. The highest BCUT2D eigenvalue weighted by Gasteiger charge is 2.26. The molecule has 1 aliphatic rings. The van der Waals surface area contributed by atoms with E-state index in [9.17, 15) is 13.5 Å². The summed E-state index contributed by atoms with van der Waals surface area (Å²) in [6.45, 7) is 1.86. The third-order valence-electron chi connectivity index (χ3n) is 5.28. The zero-order chi connectivity index (χ0) is 19.9. The molecule has 0 aromatic heterocycles. The maximum atomic E-state index is 11.3. The molecule has 6 heteroatoms. The van der Waals surface area contributed by atoms with Crippen molar-refractivity contribution in [3.8, 4) is 22.3 Å². The van der Waals surface area contributed by atoms with E-state index >= 15 is 0 Å². The fourth-order valence-electron chi connectivity index (χ4n) is 3.72. The molecule has 0 heterocycles. The zero-order valence-corrected chi connectivity index (χ0v) is 16.7. The molecular weight excluding hydrogens is 374 g/mol. The van der Waals surface area contributed by atoms with Gasteiger partial charge in [0.2, 0.25) is 0 Å². The number of aliphatic hydroxyl groups excluding tert-OH is 1. The SMILES string of the molecule is CC(CO)(COS(C)(=O)=O)NCc1ccc2c3c(cccc13)-c1ccccc1-2. The van der Waals surface area contributed by atoms with E-state index in [0.717, 1.165) is 17.2 Å². The van der Waals surface area contributed by atoms with Crippen LogP contribution in [0.5, 0.6) is 0 Å². The van der Waals surface area contributed by atoms with E-state index in [1.54, 1.807) is 6.92 Å². The third kappa shape index (κ3) is 3.44. The molecule has 3 aromatic rings. The summed E-state index contributed by atoms with van der Waals surface area (Å²) in [4.78, 5) is 0. The van der Waals surface area contributed by atoms with Crippen molar-refractivity contribution < 1.29 is 17.7 Å². The van der Waals surface area contributed by atoms with Crippen LogP contribution in [-0.4, -0.2) is 38.5 Å². The minimum absolute atomic E-state index is 0.130. The van der Waals surface area contributed by atoms with Gasteiger partial charge in [0, 0.05) is 6.54 Å². The Labute approximate surface area is 165 Å². The normalized spacial score (nSPS) is 14.8. The highest BCUT2D eigenvalue weighted by Crippen LogP contribution is 2.47. The second kappa shape index (κ2) is 6.97. The second-order valence-electron chi connectivity index (χ2n) is 7.58. The average Bonchev–Trinajstić information content (AvgIpc) is 3.01. The van der Waals surface area contributed by atoms with Crippen LogP contribution in [-0.2, 0) is 20.8 Å². The van der Waals surface area contributed by atoms with Gasteiger partial charge in [-0.05, 0) is 45.5 Å². The van der Waals surface area contributed by atoms with Crippen LogP contribution >= 0.6 is 0 Å². The van der Waals surface area contributed by atoms with Gasteiger partial charge in [-0.1, -0.05) is 54.6 Å². The Morgan fingerprint density at radius 3 is 2.25 bits per heavy atom. The Hall–Kier alpha value is -2.25. The lowest BCUT2D eigenvalue weighted by Gasteiger charge is -2.28. The summed E-state index contributed by atoms with van der Waals surface area (Å²) < 4.78 is 27.5. The molecule has 2 N–H and O–H groups in total. The molecule has 1 atom stereocenters. The van der Waals surface area contributed by atoms with E-state index in [4.69, 9.17) is 4.18 Å². The standard InChI is InChI=1S/C22H23NO4S/c1-22(13-24,14-27-28(2,25)26)23-12-15-10-11-20-18-7-4-3-6-17(18)19-9-5-8-16(15)21(19)20/h3-11,23-24H,12-14H2,1-2H3. The van der Waals surface area contributed by atoms with Crippen molar-refractivity contribution in [2.24, 2.45) is 0 Å². The Morgan fingerprint density at radius 1 is 0.964 bits per heavy atom. The number of rotatable bonds is 7. The van der Waals surface area contributed by atoms with Crippen LogP contribution in [0.25, 0.3) is 33.0 Å². The van der Waals surface area contributed by atoms with E-state index in [1.807, 2.05) is 0 Å². The fraction of sp³-hybridized carbons (Fsp3) is 0.273. The van der Waals surface area contributed by atoms with Crippen LogP contribution in [0, 0.1) is 0 Å². The monoisotopic (exact) mass is 397 g/mol. The molecule has 3 aromatic carbocycles. The van der Waals surface area contributed by atoms with Crippen molar-refractivity contribution in [3.63, 3.8) is 0 Å². The molecule has 4 rings (SSSR count). The smallest absolute Gasteiger partial charge is 0.264 e. The van der Waals surface area contributed by atoms with Crippen LogP contribution in [0.15, 0.2) is 54.6 Å². The molecule has 146 valence electrons. The maximum absolute atomic E-state index is 11.3. The van der Waals surface area contributed by atoms with Crippen molar-refractivity contribution in [2.75, 3.05) is 19.5 Å². The predicted octanol–water partition coefficient (Wildman–Crippen LogP) is 3.30. The Kier molecular flexibility index (Phi) is 4.75. The fourth-order valence-corrected chi connectivity index (χ4v) is 4.20. The summed E-state index contributed by atoms with van der Waals surface area (Å²) in [5, 5.41) is 15.4. The predicted molar refractivity (Wildman–Crippen MR) is 112 cm³/mol. The molecule has 0 bridgehead atoms. The second-order valence-corrected chi connectivity index (χ2v) is 9.23. The van der Waals surface area contributed by atoms with Gasteiger partial charge in [0.25, 0.3) is 10.1 Å². The van der Waals surface area contributed by atoms with E-state index in [0.29, 0.717) is 6.54 Å². The Balaban J connectivity index is 1.66. The van der Waals surface area contributed by atoms with Crippen molar-refractivity contribution in [3.05, 3.63) is 60.2 Å². The lowest BCUT2D eigenvalue weighted by molar-refractivity contribution is 0.118. The molecule has 1 unspecified atom stereocenters. The van der Waals surface area contributed by atoms with Gasteiger partial charge in [0.1, 0.15) is 0 Å². The van der Waals surface area contributed by atoms with Gasteiger partial charge < -0.3 is 10.4 Å². The Morgan fingerprint density at radius 2 is 1.61 bits per heavy atom. The van der Waals surface area contributed by atoms with Crippen molar-refractivity contribution in [1.29, 1.82) is 0 Å². The van der Waals surface area contributed by atoms with Crippen molar-refractivity contribution in [1.82, 2.24) is 5.32 Å². The number of hydrogen-bond donors (Lipinski definition) is 2. The molecule has 0 saturated heterocycles. The first kappa shape index (κ1) is 19.1. The third-order valence-corrected chi connectivity index (χ3v) is 5.83. The summed E-state index contributed by atoms with van der Waals surface area (Å²) >= 11 is 0. The number of aliphatic hydroxyl groups is 1. The number of benzene rings is 3. The van der Waals surface area contributed by atoms with Crippen LogP contribution in [0.1, 0.15) is 12.5 Å². The van der Waals surface area contributed by atoms with Gasteiger partial charge >= 0.3 is 0 Å². The summed E-state index contributed by atoms with van der Waals surface area (Å²) in [5.41, 5.74) is 5.18. The Bertz CT molecular complexity index is 1130. The van der Waals surface area contributed by atoms with Crippen LogP contribution < -0.4 is 5.32 Å². The first-order valence-corrected chi connectivity index (χ1v) is 11.0. The molecule has 1 aliphatic carbocycles. The van der Waals surface area contributed by atoms with E-state index in [1.165, 1.54) is 27.6 Å². The summed E-state index contributed by atoms with van der Waals surface area (Å²) in [7, 11) is -3.57. The van der Waals surface area contributed by atoms with Gasteiger partial charge in [0.05, 0.1) is 25.0 Å². The molecular formula is C22H23NO4S. The van der Waals surface area contributed by atoms with Crippen molar-refractivity contribution >= 4 is 20.9 Å². The average molecular weight is 397 g/mol. The van der Waals surface area contributed by atoms with E-state index in [-0.39, 0.29) is 13.2 Å². The summed E-state index contributed by atoms with van der Waals surface area (Å²) in [6.07, 6.45) is 1.01. The topological polar surface area (TPSA) is 75.6 Å². The molecule has 0 aliphatic heterocycles. The lowest BCUT2D eigenvalue weighted by atomic mass is 9.97. The van der Waals surface area contributed by atoms with Crippen LogP contribution in [0.3, 0.4) is 0 Å². The van der Waals surface area contributed by atoms with Crippen LogP contribution in [0.4, 0.5) is 0 Å². The van der Waals surface area contributed by atoms with E-state index in [2.05, 4.69) is 59.9 Å². The molecule has 0 radical (unpaired) electrons. The first-order chi connectivity index (χ1) is 13.3. The highest BCUT2D eigenvalue weighted by molar-refractivity contribution is 7.85.